The Morgan fingerprint density at radius 2 is 1.92 bits per heavy atom. The third kappa shape index (κ3) is 7.49. The van der Waals surface area contributed by atoms with Crippen LogP contribution in [0.3, 0.4) is 0 Å². The smallest absolute Gasteiger partial charge is 0.118 e. The zero-order valence-electron chi connectivity index (χ0n) is 16.4. The number of allylic oxidation sites excluding steroid dienone is 6. The van der Waals surface area contributed by atoms with Crippen molar-refractivity contribution in [2.75, 3.05) is 0 Å². The molecular weight excluding hydrogens is 338 g/mol. The number of phenolic OH excluding ortho intramolecular Hbond substituents is 1. The molecule has 0 aliphatic carbocycles. The highest BCUT2D eigenvalue weighted by atomic mass is 32.1. The molecule has 0 aliphatic rings. The summed E-state index contributed by atoms with van der Waals surface area (Å²) < 4.78 is 0. The lowest BCUT2D eigenvalue weighted by Crippen LogP contribution is -2.01. The van der Waals surface area contributed by atoms with Crippen LogP contribution in [-0.2, 0) is 6.42 Å². The van der Waals surface area contributed by atoms with Gasteiger partial charge in [0.05, 0.1) is 0 Å². The number of thiol groups is 1. The van der Waals surface area contributed by atoms with E-state index < -0.39 is 0 Å². The number of phenols is 1. The molecule has 2 N–H and O–H groups in total. The van der Waals surface area contributed by atoms with Crippen molar-refractivity contribution >= 4 is 18.3 Å². The van der Waals surface area contributed by atoms with Crippen molar-refractivity contribution in [1.82, 2.24) is 0 Å². The van der Waals surface area contributed by atoms with E-state index >= 15 is 0 Å². The maximum Gasteiger partial charge on any atom is 0.118 e. The molecule has 26 heavy (non-hydrogen) atoms. The quantitative estimate of drug-likeness (QED) is 0.192. The zero-order valence-corrected chi connectivity index (χ0v) is 17.3. The van der Waals surface area contributed by atoms with Crippen molar-refractivity contribution in [3.05, 3.63) is 75.8 Å². The van der Waals surface area contributed by atoms with Crippen molar-refractivity contribution in [2.24, 2.45) is 0 Å². The highest BCUT2D eigenvalue weighted by molar-refractivity contribution is 7.83. The lowest BCUT2D eigenvalue weighted by Gasteiger charge is -2.09. The summed E-state index contributed by atoms with van der Waals surface area (Å²) in [6.07, 6.45) is 7.49. The van der Waals surface area contributed by atoms with Gasteiger partial charge in [0, 0.05) is 12.1 Å². The summed E-state index contributed by atoms with van der Waals surface area (Å²) in [7, 11) is 0. The molecule has 3 heteroatoms. The topological polar surface area (TPSA) is 44.1 Å². The molecule has 0 atom stereocenters. The first-order chi connectivity index (χ1) is 12.2. The number of rotatable bonds is 9. The molecule has 0 spiro atoms. The Morgan fingerprint density at radius 1 is 1.23 bits per heavy atom. The summed E-state index contributed by atoms with van der Waals surface area (Å²) in [6, 6.07) is 5.75. The maximum absolute atomic E-state index is 9.58. The van der Waals surface area contributed by atoms with Crippen molar-refractivity contribution in [2.45, 2.75) is 53.4 Å². The van der Waals surface area contributed by atoms with Gasteiger partial charge in [-0.05, 0) is 86.3 Å². The molecule has 1 rings (SSSR count). The average Bonchev–Trinajstić information content (AvgIpc) is 2.58. The van der Waals surface area contributed by atoms with Crippen molar-refractivity contribution in [3.63, 3.8) is 0 Å². The lowest BCUT2D eigenvalue weighted by atomic mass is 9.97. The predicted octanol–water partition coefficient (Wildman–Crippen LogP) is 6.72. The van der Waals surface area contributed by atoms with E-state index in [9.17, 15) is 5.11 Å². The van der Waals surface area contributed by atoms with Gasteiger partial charge >= 0.3 is 0 Å². The fraction of sp³-hybridized carbons (Fsp3) is 0.348. The van der Waals surface area contributed by atoms with Gasteiger partial charge in [-0.3, -0.25) is 0 Å². The fourth-order valence-electron chi connectivity index (χ4n) is 2.66. The normalized spacial score (nSPS) is 13.0. The maximum atomic E-state index is 9.58. The average molecular weight is 370 g/mol. The van der Waals surface area contributed by atoms with E-state index in [1.165, 1.54) is 5.56 Å². The summed E-state index contributed by atoms with van der Waals surface area (Å²) in [6.45, 7) is 12.1. The van der Waals surface area contributed by atoms with Gasteiger partial charge in [0.25, 0.3) is 0 Å². The first-order valence-corrected chi connectivity index (χ1v) is 9.45. The molecule has 1 aromatic carbocycles. The van der Waals surface area contributed by atoms with Crippen LogP contribution in [-0.4, -0.2) is 10.8 Å². The van der Waals surface area contributed by atoms with Crippen LogP contribution in [0.2, 0.25) is 0 Å². The summed E-state index contributed by atoms with van der Waals surface area (Å²) in [5.74, 6) is 0.346. The second-order valence-electron chi connectivity index (χ2n) is 6.89. The fourth-order valence-corrected chi connectivity index (χ4v) is 2.89. The van der Waals surface area contributed by atoms with Gasteiger partial charge in [-0.2, -0.15) is 12.6 Å². The highest BCUT2D eigenvalue weighted by Gasteiger charge is 2.05. The lowest BCUT2D eigenvalue weighted by molar-refractivity contribution is 0.471. The molecule has 0 aliphatic heterocycles. The van der Waals surface area contributed by atoms with Crippen molar-refractivity contribution < 1.29 is 5.11 Å². The Morgan fingerprint density at radius 3 is 2.54 bits per heavy atom. The molecule has 0 amide bonds. The van der Waals surface area contributed by atoms with E-state index in [0.717, 1.165) is 47.1 Å². The van der Waals surface area contributed by atoms with Crippen LogP contribution in [0.25, 0.3) is 0 Å². The largest absolute Gasteiger partial charge is 0.508 e. The van der Waals surface area contributed by atoms with Crippen LogP contribution in [0, 0.1) is 12.3 Å². The molecule has 0 aromatic heterocycles. The van der Waals surface area contributed by atoms with Crippen molar-refractivity contribution in [1.29, 1.82) is 5.41 Å². The molecule has 0 radical (unpaired) electrons. The van der Waals surface area contributed by atoms with Crippen LogP contribution in [0.5, 0.6) is 5.75 Å². The van der Waals surface area contributed by atoms with Crippen LogP contribution < -0.4 is 0 Å². The van der Waals surface area contributed by atoms with Gasteiger partial charge in [-0.15, -0.1) is 0 Å². The Kier molecular flexibility index (Phi) is 9.22. The van der Waals surface area contributed by atoms with Gasteiger partial charge in [0.1, 0.15) is 5.75 Å². The van der Waals surface area contributed by atoms with E-state index in [-0.39, 0.29) is 0 Å². The number of nitrogens with one attached hydrogen (secondary N) is 1. The number of aryl methyl sites for hydroxylation is 2. The number of hydrogen-bond acceptors (Lipinski definition) is 3. The molecule has 0 bridgehead atoms. The minimum absolute atomic E-state index is 0.346. The number of aromatic hydroxyl groups is 1. The van der Waals surface area contributed by atoms with E-state index in [0.29, 0.717) is 17.9 Å². The minimum Gasteiger partial charge on any atom is -0.508 e. The van der Waals surface area contributed by atoms with Gasteiger partial charge in [0.15, 0.2) is 0 Å². The van der Waals surface area contributed by atoms with Crippen LogP contribution in [0.4, 0.5) is 0 Å². The summed E-state index contributed by atoms with van der Waals surface area (Å²) in [5.41, 5.74) is 7.12. The molecule has 2 nitrogen and oxygen atoms in total. The summed E-state index contributed by atoms with van der Waals surface area (Å²) in [5, 5.41) is 19.6. The SMILES string of the molecule is C=C(CCCc1ccc(O)c(C)c1)CC(=N)/C(C)=C/C(C)=C(C)/C=C\S. The molecule has 0 unspecified atom stereocenters. The van der Waals surface area contributed by atoms with Crippen LogP contribution in [0.15, 0.2) is 64.6 Å². The van der Waals surface area contributed by atoms with E-state index in [1.807, 2.05) is 45.9 Å². The second-order valence-corrected chi connectivity index (χ2v) is 7.19. The van der Waals surface area contributed by atoms with Crippen LogP contribution in [0.1, 0.15) is 51.2 Å². The van der Waals surface area contributed by atoms with Gasteiger partial charge in [-0.1, -0.05) is 36.4 Å². The molecular formula is C23H31NOS. The van der Waals surface area contributed by atoms with Crippen molar-refractivity contribution in [3.8, 4) is 5.75 Å². The summed E-state index contributed by atoms with van der Waals surface area (Å²) in [4.78, 5) is 0. The Balaban J connectivity index is 2.52. The predicted molar refractivity (Wildman–Crippen MR) is 118 cm³/mol. The Bertz CT molecular complexity index is 753. The van der Waals surface area contributed by atoms with Gasteiger partial charge in [-0.25, -0.2) is 0 Å². The Labute approximate surface area is 164 Å². The highest BCUT2D eigenvalue weighted by Crippen LogP contribution is 2.20. The number of benzene rings is 1. The van der Waals surface area contributed by atoms with E-state index in [2.05, 4.69) is 25.3 Å². The molecule has 140 valence electrons. The molecule has 0 heterocycles. The Hall–Kier alpha value is -2.00. The van der Waals surface area contributed by atoms with E-state index in [4.69, 9.17) is 5.41 Å². The first kappa shape index (κ1) is 22.0. The third-order valence-corrected chi connectivity index (χ3v) is 4.69. The van der Waals surface area contributed by atoms with Gasteiger partial charge in [0.2, 0.25) is 0 Å². The monoisotopic (exact) mass is 369 g/mol. The molecule has 0 fully saturated rings. The zero-order chi connectivity index (χ0) is 19.7. The molecule has 0 saturated heterocycles. The van der Waals surface area contributed by atoms with Crippen LogP contribution >= 0.6 is 12.6 Å². The molecule has 0 saturated carbocycles. The van der Waals surface area contributed by atoms with Gasteiger partial charge < -0.3 is 10.5 Å². The second kappa shape index (κ2) is 10.9. The third-order valence-electron chi connectivity index (χ3n) is 4.54. The minimum atomic E-state index is 0.346. The molecule has 1 aromatic rings. The summed E-state index contributed by atoms with van der Waals surface area (Å²) >= 11 is 4.10. The standard InChI is InChI=1S/C23H31NOS/c1-16(7-6-8-21-9-10-23(25)20(5)15-21)13-22(24)19(4)14-18(3)17(2)11-12-26/h9-12,14-15,24-26H,1,6-8,13H2,2-5H3/b12-11-,18-17+,19-14+,24-22?. The van der Waals surface area contributed by atoms with E-state index in [1.54, 1.807) is 11.5 Å². The first-order valence-electron chi connectivity index (χ1n) is 8.94. The number of hydrogen-bond donors (Lipinski definition) is 3.